The molecule has 1 unspecified atom stereocenters. The highest BCUT2D eigenvalue weighted by molar-refractivity contribution is 5.81. The van der Waals surface area contributed by atoms with Crippen LogP contribution in [0.4, 0.5) is 13.2 Å². The Kier molecular flexibility index (Phi) is 7.86. The van der Waals surface area contributed by atoms with Crippen molar-refractivity contribution in [2.45, 2.75) is 44.2 Å². The van der Waals surface area contributed by atoms with E-state index in [-0.39, 0.29) is 18.1 Å². The predicted octanol–water partition coefficient (Wildman–Crippen LogP) is 2.47. The minimum absolute atomic E-state index is 0.0445. The van der Waals surface area contributed by atoms with Crippen LogP contribution < -0.4 is 5.32 Å². The second-order valence-corrected chi connectivity index (χ2v) is 7.38. The maximum Gasteiger partial charge on any atom is 0.490 e. The first-order valence-electron chi connectivity index (χ1n) is 10.1. The number of carbonyl (C=O) groups excluding carboxylic acids is 1. The van der Waals surface area contributed by atoms with Crippen LogP contribution in [0.3, 0.4) is 0 Å². The van der Waals surface area contributed by atoms with Crippen LogP contribution in [0.2, 0.25) is 0 Å². The van der Waals surface area contributed by atoms with Crippen molar-refractivity contribution in [3.63, 3.8) is 0 Å². The molecule has 0 spiro atoms. The molecule has 1 fully saturated rings. The fourth-order valence-electron chi connectivity index (χ4n) is 3.43. The van der Waals surface area contributed by atoms with E-state index in [1.165, 1.54) is 11.1 Å². The van der Waals surface area contributed by atoms with E-state index in [9.17, 15) is 18.0 Å². The first-order valence-corrected chi connectivity index (χ1v) is 10.1. The number of hydrogen-bond acceptors (Lipinski definition) is 5. The van der Waals surface area contributed by atoms with Gasteiger partial charge in [-0.05, 0) is 30.4 Å². The largest absolute Gasteiger partial charge is 0.490 e. The molecule has 8 nitrogen and oxygen atoms in total. The molecule has 2 N–H and O–H groups in total. The highest BCUT2D eigenvalue weighted by Gasteiger charge is 2.38. The molecule has 174 valence electrons. The van der Waals surface area contributed by atoms with Gasteiger partial charge in [-0.2, -0.15) is 18.3 Å². The van der Waals surface area contributed by atoms with Gasteiger partial charge in [0.15, 0.2) is 0 Å². The maximum atomic E-state index is 12.1. The van der Waals surface area contributed by atoms with Gasteiger partial charge in [0.1, 0.15) is 12.2 Å². The summed E-state index contributed by atoms with van der Waals surface area (Å²) in [6.45, 7) is 2.51. The summed E-state index contributed by atoms with van der Waals surface area (Å²) in [5.41, 5.74) is 3.36. The Morgan fingerprint density at radius 1 is 1.19 bits per heavy atom. The van der Waals surface area contributed by atoms with Crippen molar-refractivity contribution in [1.29, 1.82) is 0 Å². The van der Waals surface area contributed by atoms with Crippen LogP contribution in [0.15, 0.2) is 36.5 Å². The lowest BCUT2D eigenvalue weighted by atomic mass is 10.1. The zero-order chi connectivity index (χ0) is 23.1. The van der Waals surface area contributed by atoms with Gasteiger partial charge in [-0.3, -0.25) is 9.48 Å². The van der Waals surface area contributed by atoms with E-state index in [1.807, 2.05) is 22.9 Å². The number of amides is 1. The van der Waals surface area contributed by atoms with Crippen molar-refractivity contribution >= 4 is 11.9 Å². The standard InChI is InChI=1S/C19H23N3O3.C2HF3O2/c23-19(16-7-4-9-24-16)20-11-17-18-15(8-10-25-17)13-22(21-18)12-14-5-2-1-3-6-14;3-2(4,5)1(6)7/h1-3,5-6,13,16-17H,4,7-12H2,(H,20,23);(H,6,7)/t16-,17?;/m1./s1. The van der Waals surface area contributed by atoms with Crippen LogP contribution in [0.25, 0.3) is 0 Å². The molecular weight excluding hydrogens is 431 g/mol. The summed E-state index contributed by atoms with van der Waals surface area (Å²) in [7, 11) is 0. The average Bonchev–Trinajstić information content (AvgIpc) is 3.42. The van der Waals surface area contributed by atoms with E-state index < -0.39 is 12.1 Å². The van der Waals surface area contributed by atoms with Crippen LogP contribution in [-0.4, -0.2) is 58.8 Å². The van der Waals surface area contributed by atoms with Crippen molar-refractivity contribution in [1.82, 2.24) is 15.1 Å². The van der Waals surface area contributed by atoms with Gasteiger partial charge in [0, 0.05) is 19.3 Å². The summed E-state index contributed by atoms with van der Waals surface area (Å²) in [5.74, 6) is -2.80. The number of aromatic nitrogens is 2. The maximum absolute atomic E-state index is 12.1. The lowest BCUT2D eigenvalue weighted by Gasteiger charge is -2.22. The Balaban J connectivity index is 0.000000360. The summed E-state index contributed by atoms with van der Waals surface area (Å²) in [6, 6.07) is 10.3. The van der Waals surface area contributed by atoms with E-state index >= 15 is 0 Å². The number of carboxylic acid groups (broad SMARTS) is 1. The normalized spacial score (nSPS) is 20.1. The second kappa shape index (κ2) is 10.6. The Labute approximate surface area is 182 Å². The lowest BCUT2D eigenvalue weighted by molar-refractivity contribution is -0.192. The minimum atomic E-state index is -5.08. The molecule has 11 heteroatoms. The zero-order valence-corrected chi connectivity index (χ0v) is 17.2. The summed E-state index contributed by atoms with van der Waals surface area (Å²) in [4.78, 5) is 21.0. The van der Waals surface area contributed by atoms with Crippen molar-refractivity contribution in [3.8, 4) is 0 Å². The molecule has 1 aromatic heterocycles. The van der Waals surface area contributed by atoms with E-state index in [0.717, 1.165) is 31.5 Å². The van der Waals surface area contributed by atoms with Crippen LogP contribution >= 0.6 is 0 Å². The smallest absolute Gasteiger partial charge is 0.475 e. The first-order chi connectivity index (χ1) is 15.2. The van der Waals surface area contributed by atoms with Gasteiger partial charge in [0.05, 0.1) is 18.8 Å². The number of nitrogens with zero attached hydrogens (tertiary/aromatic N) is 2. The second-order valence-electron chi connectivity index (χ2n) is 7.38. The fraction of sp³-hybridized carbons (Fsp3) is 0.476. The summed E-state index contributed by atoms with van der Waals surface area (Å²) in [6.07, 6.45) is -0.870. The average molecular weight is 455 g/mol. The summed E-state index contributed by atoms with van der Waals surface area (Å²) >= 11 is 0. The third kappa shape index (κ3) is 6.54. The summed E-state index contributed by atoms with van der Waals surface area (Å²) in [5, 5.41) is 14.8. The number of halogens is 3. The summed E-state index contributed by atoms with van der Waals surface area (Å²) < 4.78 is 45.0. The number of fused-ring (bicyclic) bond motifs is 1. The monoisotopic (exact) mass is 455 g/mol. The first kappa shape index (κ1) is 23.7. The molecule has 2 aliphatic rings. The lowest BCUT2D eigenvalue weighted by Crippen LogP contribution is -2.38. The van der Waals surface area contributed by atoms with Crippen molar-refractivity contribution in [2.75, 3.05) is 19.8 Å². The molecule has 0 radical (unpaired) electrons. The Hall–Kier alpha value is -2.92. The third-order valence-electron chi connectivity index (χ3n) is 4.98. The molecule has 4 rings (SSSR count). The molecule has 1 amide bonds. The zero-order valence-electron chi connectivity index (χ0n) is 17.2. The Bertz CT molecular complexity index is 911. The Morgan fingerprint density at radius 3 is 2.53 bits per heavy atom. The quantitative estimate of drug-likeness (QED) is 0.718. The number of ether oxygens (including phenoxy) is 2. The molecule has 1 aromatic carbocycles. The van der Waals surface area contributed by atoms with Crippen molar-refractivity contribution < 1.29 is 37.3 Å². The van der Waals surface area contributed by atoms with Gasteiger partial charge in [-0.15, -0.1) is 0 Å². The molecule has 3 heterocycles. The van der Waals surface area contributed by atoms with E-state index in [4.69, 9.17) is 24.5 Å². The van der Waals surface area contributed by atoms with Crippen LogP contribution in [0, 0.1) is 0 Å². The molecular formula is C21H24F3N3O5. The number of alkyl halides is 3. The third-order valence-corrected chi connectivity index (χ3v) is 4.98. The van der Waals surface area contributed by atoms with E-state index in [2.05, 4.69) is 23.6 Å². The molecule has 0 aliphatic carbocycles. The molecule has 2 aromatic rings. The van der Waals surface area contributed by atoms with Crippen LogP contribution in [-0.2, 0) is 32.0 Å². The highest BCUT2D eigenvalue weighted by atomic mass is 19.4. The number of nitrogens with one attached hydrogen (secondary N) is 1. The van der Waals surface area contributed by atoms with Gasteiger partial charge in [0.25, 0.3) is 0 Å². The number of hydrogen-bond donors (Lipinski definition) is 2. The molecule has 0 bridgehead atoms. The molecule has 2 atom stereocenters. The van der Waals surface area contributed by atoms with E-state index in [1.54, 1.807) is 0 Å². The molecule has 0 saturated carbocycles. The van der Waals surface area contributed by atoms with Gasteiger partial charge in [-0.1, -0.05) is 30.3 Å². The van der Waals surface area contributed by atoms with Gasteiger partial charge in [-0.25, -0.2) is 4.79 Å². The fourth-order valence-corrected chi connectivity index (χ4v) is 3.43. The van der Waals surface area contributed by atoms with Gasteiger partial charge in [0.2, 0.25) is 5.91 Å². The minimum Gasteiger partial charge on any atom is -0.475 e. The number of carbonyl (C=O) groups is 2. The van der Waals surface area contributed by atoms with Gasteiger partial charge < -0.3 is 19.9 Å². The van der Waals surface area contributed by atoms with E-state index in [0.29, 0.717) is 19.8 Å². The molecule has 2 aliphatic heterocycles. The van der Waals surface area contributed by atoms with Crippen molar-refractivity contribution in [3.05, 3.63) is 53.3 Å². The highest BCUT2D eigenvalue weighted by Crippen LogP contribution is 2.25. The number of benzene rings is 1. The SMILES string of the molecule is O=C(NCC1OCCc2cn(Cc3ccccc3)nc21)[C@H]1CCCO1.O=C(O)C(F)(F)F. The molecule has 32 heavy (non-hydrogen) atoms. The number of rotatable bonds is 5. The molecule has 1 saturated heterocycles. The Morgan fingerprint density at radius 2 is 1.91 bits per heavy atom. The van der Waals surface area contributed by atoms with Crippen LogP contribution in [0.1, 0.15) is 35.8 Å². The number of aliphatic carboxylic acids is 1. The van der Waals surface area contributed by atoms with Crippen LogP contribution in [0.5, 0.6) is 0 Å². The predicted molar refractivity (Wildman–Crippen MR) is 106 cm³/mol. The van der Waals surface area contributed by atoms with Crippen molar-refractivity contribution in [2.24, 2.45) is 0 Å². The topological polar surface area (TPSA) is 103 Å². The number of carboxylic acids is 1. The van der Waals surface area contributed by atoms with Gasteiger partial charge >= 0.3 is 12.1 Å².